The van der Waals surface area contributed by atoms with Gasteiger partial charge in [-0.15, -0.1) is 0 Å². The summed E-state index contributed by atoms with van der Waals surface area (Å²) < 4.78 is 5.83. The number of carbonyl (C=O) groups excluding carboxylic acids is 3. The van der Waals surface area contributed by atoms with E-state index in [0.717, 1.165) is 6.42 Å². The maximum absolute atomic E-state index is 13.2. The van der Waals surface area contributed by atoms with Crippen LogP contribution in [0.3, 0.4) is 0 Å². The van der Waals surface area contributed by atoms with Crippen LogP contribution < -0.4 is 16.0 Å². The van der Waals surface area contributed by atoms with E-state index in [1.807, 2.05) is 76.2 Å². The molecular weight excluding hydrogens is 454 g/mol. The monoisotopic (exact) mass is 513 g/mol. The molecule has 214 valence electrons. The van der Waals surface area contributed by atoms with Crippen LogP contribution >= 0.6 is 0 Å². The molecule has 36 heavy (non-hydrogen) atoms. The number of rotatable bonds is 15. The van der Waals surface area contributed by atoms with Gasteiger partial charge in [0.2, 0.25) is 11.8 Å². The van der Waals surface area contributed by atoms with Gasteiger partial charge < -0.3 is 20.7 Å². The number of likely N-dealkylation sites (N-methyl/N-ethyl adjacent to an activating group) is 1. The summed E-state index contributed by atoms with van der Waals surface area (Å²) in [7, 11) is 1.76. The molecule has 0 aliphatic rings. The molecule has 1 atom stereocenters. The zero-order valence-corrected chi connectivity index (χ0v) is 26.0. The number of ether oxygens (including phenoxy) is 1. The van der Waals surface area contributed by atoms with Gasteiger partial charge in [0.15, 0.2) is 0 Å². The van der Waals surface area contributed by atoms with Crippen LogP contribution in [0.2, 0.25) is 0 Å². The van der Waals surface area contributed by atoms with Crippen molar-refractivity contribution in [3.63, 3.8) is 0 Å². The fourth-order valence-corrected chi connectivity index (χ4v) is 4.10. The molecule has 0 saturated carbocycles. The lowest BCUT2D eigenvalue weighted by Gasteiger charge is -2.38. The molecule has 0 bridgehead atoms. The van der Waals surface area contributed by atoms with Crippen molar-refractivity contribution in [3.8, 4) is 0 Å². The van der Waals surface area contributed by atoms with E-state index in [1.54, 1.807) is 7.05 Å². The number of hydrogen-bond donors (Lipinski definition) is 3. The Hall–Kier alpha value is -1.47. The number of nitrogens with one attached hydrogen (secondary N) is 3. The topological polar surface area (TPSA) is 96.5 Å². The van der Waals surface area contributed by atoms with Crippen molar-refractivity contribution in [2.45, 2.75) is 133 Å². The van der Waals surface area contributed by atoms with Crippen LogP contribution in [0.4, 0.5) is 0 Å². The zero-order chi connectivity index (χ0) is 29.0. The van der Waals surface area contributed by atoms with E-state index >= 15 is 0 Å². The minimum absolute atomic E-state index is 0.000935. The van der Waals surface area contributed by atoms with Crippen molar-refractivity contribution in [3.05, 3.63) is 0 Å². The van der Waals surface area contributed by atoms with E-state index < -0.39 is 11.5 Å². The van der Waals surface area contributed by atoms with Gasteiger partial charge in [0, 0.05) is 36.4 Å². The summed E-state index contributed by atoms with van der Waals surface area (Å²) in [6.07, 6.45) is 2.26. The molecule has 0 aliphatic heterocycles. The van der Waals surface area contributed by atoms with Crippen molar-refractivity contribution in [2.75, 3.05) is 20.2 Å². The molecule has 0 spiro atoms. The summed E-state index contributed by atoms with van der Waals surface area (Å²) in [6.45, 7) is 26.8. The van der Waals surface area contributed by atoms with Crippen LogP contribution in [0.25, 0.3) is 0 Å². The van der Waals surface area contributed by atoms with E-state index in [1.165, 1.54) is 0 Å². The second kappa shape index (κ2) is 15.7. The third-order valence-electron chi connectivity index (χ3n) is 5.99. The summed E-state index contributed by atoms with van der Waals surface area (Å²) in [6, 6.07) is -0.394. The van der Waals surface area contributed by atoms with E-state index in [0.29, 0.717) is 32.4 Å². The molecule has 0 fully saturated rings. The first kappa shape index (κ1) is 36.7. The molecule has 2 amide bonds. The van der Waals surface area contributed by atoms with E-state index in [4.69, 9.17) is 4.74 Å². The van der Waals surface area contributed by atoms with Crippen LogP contribution in [-0.2, 0) is 19.1 Å². The van der Waals surface area contributed by atoms with Gasteiger partial charge in [0.05, 0.1) is 11.6 Å². The number of carbonyl (C=O) groups is 3. The average molecular weight is 514 g/mol. The summed E-state index contributed by atoms with van der Waals surface area (Å²) in [5, 5.41) is 9.17. The fraction of sp³-hybridized carbons (Fsp3) is 0.897. The Morgan fingerprint density at radius 3 is 1.86 bits per heavy atom. The molecule has 0 aromatic heterocycles. The Morgan fingerprint density at radius 2 is 1.42 bits per heavy atom. The molecule has 1 unspecified atom stereocenters. The highest BCUT2D eigenvalue weighted by molar-refractivity contribution is 5.84. The average Bonchev–Trinajstić information content (AvgIpc) is 2.70. The Morgan fingerprint density at radius 1 is 0.889 bits per heavy atom. The van der Waals surface area contributed by atoms with Crippen LogP contribution in [0.15, 0.2) is 0 Å². The molecule has 0 aromatic carbocycles. The fourth-order valence-electron chi connectivity index (χ4n) is 4.10. The second-order valence-electron chi connectivity index (χ2n) is 13.0. The Kier molecular flexibility index (Phi) is 16.0. The van der Waals surface area contributed by atoms with Gasteiger partial charge in [-0.05, 0) is 66.3 Å². The number of ketones is 1. The highest BCUT2D eigenvalue weighted by atomic mass is 16.5. The lowest BCUT2D eigenvalue weighted by Crippen LogP contribution is -2.51. The van der Waals surface area contributed by atoms with Crippen molar-refractivity contribution >= 4 is 17.6 Å². The van der Waals surface area contributed by atoms with Gasteiger partial charge in [-0.2, -0.15) is 0 Å². The van der Waals surface area contributed by atoms with Gasteiger partial charge in [-0.1, -0.05) is 55.4 Å². The second-order valence-corrected chi connectivity index (χ2v) is 13.0. The van der Waals surface area contributed by atoms with Gasteiger partial charge in [-0.3, -0.25) is 14.4 Å². The highest BCUT2D eigenvalue weighted by Gasteiger charge is 2.38. The van der Waals surface area contributed by atoms with Crippen molar-refractivity contribution in [2.24, 2.45) is 16.7 Å². The Bertz CT molecular complexity index is 676. The molecule has 7 nitrogen and oxygen atoms in total. The maximum Gasteiger partial charge on any atom is 0.237 e. The molecule has 0 aliphatic carbocycles. The Balaban J connectivity index is 0. The Labute approximate surface area is 222 Å². The number of hydrogen-bond acceptors (Lipinski definition) is 5. The first-order valence-electron chi connectivity index (χ1n) is 13.7. The summed E-state index contributed by atoms with van der Waals surface area (Å²) >= 11 is 0. The predicted molar refractivity (Wildman–Crippen MR) is 151 cm³/mol. The molecule has 7 heteroatoms. The van der Waals surface area contributed by atoms with Gasteiger partial charge in [-0.25, -0.2) is 0 Å². The lowest BCUT2D eigenvalue weighted by molar-refractivity contribution is -0.133. The smallest absolute Gasteiger partial charge is 0.237 e. The molecular formula is C29H59N3O4. The summed E-state index contributed by atoms with van der Waals surface area (Å²) in [4.78, 5) is 37.7. The third-order valence-corrected chi connectivity index (χ3v) is 5.99. The molecule has 0 radical (unpaired) electrons. The van der Waals surface area contributed by atoms with Gasteiger partial charge in [0.25, 0.3) is 0 Å². The first-order chi connectivity index (χ1) is 16.2. The summed E-state index contributed by atoms with van der Waals surface area (Å²) in [5.41, 5.74) is -1.46. The number of Topliss-reactive ketones (excluding diaryl/α,β-unsaturated/α-hetero) is 1. The van der Waals surface area contributed by atoms with E-state index in [-0.39, 0.29) is 40.1 Å². The summed E-state index contributed by atoms with van der Waals surface area (Å²) in [5.74, 6) is -0.00374. The van der Waals surface area contributed by atoms with Gasteiger partial charge >= 0.3 is 0 Å². The number of amides is 2. The zero-order valence-electron chi connectivity index (χ0n) is 26.0. The molecule has 3 N–H and O–H groups in total. The maximum atomic E-state index is 13.2. The third kappa shape index (κ3) is 16.3. The van der Waals surface area contributed by atoms with Crippen LogP contribution in [-0.4, -0.2) is 55.0 Å². The molecule has 0 rings (SSSR count). The highest BCUT2D eigenvalue weighted by Crippen LogP contribution is 2.37. The standard InChI is InChI=1S/C27H53N3O4.C2H6/c1-19(2)21(31)13-15-29-22(32)20(28-12)17-25(6,7)18-26(8,9)23(33)30-27(10,11)14-16-34-24(3,4)5;1-2/h19-20,28H,13-18H2,1-12H3,(H,29,32)(H,30,33);1-2H3. The lowest BCUT2D eigenvalue weighted by atomic mass is 9.71. The predicted octanol–water partition coefficient (Wildman–Crippen LogP) is 5.26. The van der Waals surface area contributed by atoms with E-state index in [9.17, 15) is 14.4 Å². The minimum atomic E-state index is -0.607. The van der Waals surface area contributed by atoms with E-state index in [2.05, 4.69) is 29.8 Å². The molecule has 0 aromatic rings. The minimum Gasteiger partial charge on any atom is -0.376 e. The van der Waals surface area contributed by atoms with Crippen LogP contribution in [0, 0.1) is 16.7 Å². The quantitative estimate of drug-likeness (QED) is 0.277. The first-order valence-corrected chi connectivity index (χ1v) is 13.7. The van der Waals surface area contributed by atoms with Crippen LogP contribution in [0.5, 0.6) is 0 Å². The largest absolute Gasteiger partial charge is 0.376 e. The molecule has 0 heterocycles. The van der Waals surface area contributed by atoms with Crippen molar-refractivity contribution in [1.82, 2.24) is 16.0 Å². The van der Waals surface area contributed by atoms with Crippen molar-refractivity contribution < 1.29 is 19.1 Å². The normalized spacial score (nSPS) is 13.5. The van der Waals surface area contributed by atoms with Crippen LogP contribution in [0.1, 0.15) is 116 Å². The SMILES string of the molecule is CC.CNC(CC(C)(C)CC(C)(C)C(=O)NC(C)(C)CCOC(C)(C)C)C(=O)NCCC(=O)C(C)C. The van der Waals surface area contributed by atoms with Crippen molar-refractivity contribution in [1.29, 1.82) is 0 Å². The molecule has 0 saturated heterocycles. The van der Waals surface area contributed by atoms with Gasteiger partial charge in [0.1, 0.15) is 5.78 Å².